The number of halogens is 1. The topological polar surface area (TPSA) is 52.3 Å². The first-order chi connectivity index (χ1) is 10.2. The third-order valence-electron chi connectivity index (χ3n) is 2.77. The highest BCUT2D eigenvalue weighted by Crippen LogP contribution is 2.25. The first-order valence-electron chi connectivity index (χ1n) is 6.15. The lowest BCUT2D eigenvalue weighted by Gasteiger charge is -2.03. The first kappa shape index (κ1) is 14.3. The van der Waals surface area contributed by atoms with E-state index in [1.807, 2.05) is 35.7 Å². The molecule has 3 rings (SSSR count). The summed E-state index contributed by atoms with van der Waals surface area (Å²) in [4.78, 5) is 13.0. The van der Waals surface area contributed by atoms with Crippen LogP contribution in [0.15, 0.2) is 52.4 Å². The van der Waals surface area contributed by atoms with Crippen molar-refractivity contribution in [2.24, 2.45) is 0 Å². The van der Waals surface area contributed by atoms with Crippen LogP contribution >= 0.6 is 33.9 Å². The Morgan fingerprint density at radius 2 is 2.14 bits per heavy atom. The van der Waals surface area contributed by atoms with E-state index in [-0.39, 0.29) is 12.6 Å². The predicted octanol–water partition coefficient (Wildman–Crippen LogP) is 4.36. The minimum atomic E-state index is -0.360. The molecule has 0 aliphatic heterocycles. The minimum Gasteiger partial charge on any atom is -0.455 e. The van der Waals surface area contributed by atoms with Gasteiger partial charge in [0.15, 0.2) is 5.76 Å². The van der Waals surface area contributed by atoms with E-state index in [1.165, 1.54) is 0 Å². The number of aromatic nitrogens is 1. The molecule has 1 aromatic carbocycles. The molecule has 2 heterocycles. The monoisotopic (exact) mass is 411 g/mol. The zero-order valence-corrected chi connectivity index (χ0v) is 13.8. The molecular weight excluding hydrogens is 401 g/mol. The Balaban J connectivity index is 1.66. The normalized spacial score (nSPS) is 10.5. The summed E-state index contributed by atoms with van der Waals surface area (Å²) in [6.45, 7) is 0.0959. The van der Waals surface area contributed by atoms with Crippen LogP contribution in [-0.2, 0) is 11.3 Å². The van der Waals surface area contributed by atoms with Gasteiger partial charge in [0.2, 0.25) is 0 Å². The minimum absolute atomic E-state index is 0.0959. The lowest BCUT2D eigenvalue weighted by molar-refractivity contribution is 0.0463. The van der Waals surface area contributed by atoms with Crippen LogP contribution in [0.2, 0.25) is 0 Å². The summed E-state index contributed by atoms with van der Waals surface area (Å²) >= 11 is 3.68. The molecular formula is C15H10INO3S. The molecule has 6 heteroatoms. The summed E-state index contributed by atoms with van der Waals surface area (Å²) in [7, 11) is 0. The Bertz CT molecular complexity index is 752. The Kier molecular flexibility index (Phi) is 4.35. The number of carbonyl (C=O) groups is 1. The van der Waals surface area contributed by atoms with Crippen LogP contribution in [0, 0.1) is 3.57 Å². The molecule has 0 N–H and O–H groups in total. The Morgan fingerprint density at radius 1 is 1.29 bits per heavy atom. The van der Waals surface area contributed by atoms with Gasteiger partial charge in [0.05, 0.1) is 10.4 Å². The van der Waals surface area contributed by atoms with Gasteiger partial charge in [-0.1, -0.05) is 23.4 Å². The fourth-order valence-electron chi connectivity index (χ4n) is 1.76. The van der Waals surface area contributed by atoms with Gasteiger partial charge >= 0.3 is 5.97 Å². The zero-order valence-electron chi connectivity index (χ0n) is 10.8. The number of esters is 1. The van der Waals surface area contributed by atoms with Crippen molar-refractivity contribution in [3.8, 4) is 10.6 Å². The van der Waals surface area contributed by atoms with E-state index in [9.17, 15) is 4.79 Å². The first-order valence-corrected chi connectivity index (χ1v) is 8.11. The molecule has 3 aromatic rings. The number of nitrogens with zero attached hydrogens (tertiary/aromatic N) is 1. The van der Waals surface area contributed by atoms with Crippen molar-refractivity contribution in [2.45, 2.75) is 6.61 Å². The molecule has 0 radical (unpaired) electrons. The second-order valence-electron chi connectivity index (χ2n) is 4.22. The Morgan fingerprint density at radius 3 is 2.90 bits per heavy atom. The number of benzene rings is 1. The number of hydrogen-bond acceptors (Lipinski definition) is 5. The highest BCUT2D eigenvalue weighted by Gasteiger charge is 2.13. The van der Waals surface area contributed by atoms with Crippen LogP contribution in [0.4, 0.5) is 0 Å². The number of thiophene rings is 1. The SMILES string of the molecule is O=C(OCc1cc(-c2cccs2)on1)c1ccccc1I. The van der Waals surface area contributed by atoms with E-state index in [1.54, 1.807) is 23.5 Å². The summed E-state index contributed by atoms with van der Waals surface area (Å²) in [6.07, 6.45) is 0. The lowest BCUT2D eigenvalue weighted by atomic mass is 10.2. The molecule has 2 aromatic heterocycles. The maximum absolute atomic E-state index is 12.0. The van der Waals surface area contributed by atoms with E-state index < -0.39 is 0 Å². The Hall–Kier alpha value is -1.67. The number of carbonyl (C=O) groups excluding carboxylic acids is 1. The maximum Gasteiger partial charge on any atom is 0.339 e. The summed E-state index contributed by atoms with van der Waals surface area (Å²) in [6, 6.07) is 13.0. The molecule has 0 aliphatic carbocycles. The van der Waals surface area contributed by atoms with Gasteiger partial charge in [-0.15, -0.1) is 11.3 Å². The third kappa shape index (κ3) is 3.33. The van der Waals surface area contributed by atoms with Crippen LogP contribution in [0.25, 0.3) is 10.6 Å². The summed E-state index contributed by atoms with van der Waals surface area (Å²) in [5, 5.41) is 5.88. The van der Waals surface area contributed by atoms with Crippen LogP contribution in [-0.4, -0.2) is 11.1 Å². The fourth-order valence-corrected chi connectivity index (χ4v) is 3.04. The average molecular weight is 411 g/mol. The molecule has 106 valence electrons. The Labute approximate surface area is 138 Å². The van der Waals surface area contributed by atoms with Crippen LogP contribution in [0.3, 0.4) is 0 Å². The van der Waals surface area contributed by atoms with Crippen molar-refractivity contribution in [2.75, 3.05) is 0 Å². The highest BCUT2D eigenvalue weighted by molar-refractivity contribution is 14.1. The van der Waals surface area contributed by atoms with Gasteiger partial charge < -0.3 is 9.26 Å². The second-order valence-corrected chi connectivity index (χ2v) is 6.33. The van der Waals surface area contributed by atoms with E-state index in [0.717, 1.165) is 8.45 Å². The van der Waals surface area contributed by atoms with Crippen LogP contribution < -0.4 is 0 Å². The maximum atomic E-state index is 12.0. The van der Waals surface area contributed by atoms with E-state index in [2.05, 4.69) is 27.7 Å². The molecule has 0 unspecified atom stereocenters. The van der Waals surface area contributed by atoms with Crippen molar-refractivity contribution in [1.82, 2.24) is 5.16 Å². The van der Waals surface area contributed by atoms with Crippen molar-refractivity contribution in [1.29, 1.82) is 0 Å². The fraction of sp³-hybridized carbons (Fsp3) is 0.0667. The van der Waals surface area contributed by atoms with Crippen LogP contribution in [0.1, 0.15) is 16.1 Å². The number of ether oxygens (including phenoxy) is 1. The molecule has 0 aliphatic rings. The van der Waals surface area contributed by atoms with Gasteiger partial charge in [0.25, 0.3) is 0 Å². The van der Waals surface area contributed by atoms with Crippen molar-refractivity contribution in [3.05, 3.63) is 62.7 Å². The lowest BCUT2D eigenvalue weighted by Crippen LogP contribution is -2.07. The van der Waals surface area contributed by atoms with Crippen molar-refractivity contribution < 1.29 is 14.1 Å². The summed E-state index contributed by atoms with van der Waals surface area (Å²) in [5.74, 6) is 0.325. The molecule has 0 atom stereocenters. The van der Waals surface area contributed by atoms with E-state index >= 15 is 0 Å². The number of rotatable bonds is 4. The predicted molar refractivity (Wildman–Crippen MR) is 88.1 cm³/mol. The molecule has 0 saturated heterocycles. The average Bonchev–Trinajstić information content (AvgIpc) is 3.16. The van der Waals surface area contributed by atoms with Crippen LogP contribution in [0.5, 0.6) is 0 Å². The molecule has 0 fully saturated rings. The quantitative estimate of drug-likeness (QED) is 0.473. The molecule has 0 spiro atoms. The smallest absolute Gasteiger partial charge is 0.339 e. The molecule has 0 saturated carbocycles. The van der Waals surface area contributed by atoms with E-state index in [0.29, 0.717) is 17.0 Å². The zero-order chi connectivity index (χ0) is 14.7. The molecule has 0 bridgehead atoms. The van der Waals surface area contributed by atoms with Crippen molar-refractivity contribution in [3.63, 3.8) is 0 Å². The number of hydrogen-bond donors (Lipinski definition) is 0. The van der Waals surface area contributed by atoms with Gasteiger partial charge in [-0.2, -0.15) is 0 Å². The van der Waals surface area contributed by atoms with Gasteiger partial charge in [0.1, 0.15) is 12.3 Å². The summed E-state index contributed by atoms with van der Waals surface area (Å²) < 4.78 is 11.4. The van der Waals surface area contributed by atoms with Gasteiger partial charge in [-0.05, 0) is 46.2 Å². The van der Waals surface area contributed by atoms with E-state index in [4.69, 9.17) is 9.26 Å². The second kappa shape index (κ2) is 6.40. The van der Waals surface area contributed by atoms with Gasteiger partial charge in [0, 0.05) is 9.64 Å². The standard InChI is InChI=1S/C15H10INO3S/c16-12-5-2-1-4-11(12)15(18)19-9-10-8-13(20-17-10)14-6-3-7-21-14/h1-8H,9H2. The largest absolute Gasteiger partial charge is 0.455 e. The molecule has 4 nitrogen and oxygen atoms in total. The molecule has 0 amide bonds. The van der Waals surface area contributed by atoms with Gasteiger partial charge in [-0.25, -0.2) is 4.79 Å². The third-order valence-corrected chi connectivity index (χ3v) is 4.59. The van der Waals surface area contributed by atoms with Gasteiger partial charge in [-0.3, -0.25) is 0 Å². The highest BCUT2D eigenvalue weighted by atomic mass is 127. The van der Waals surface area contributed by atoms with Crippen molar-refractivity contribution >= 4 is 39.9 Å². The molecule has 21 heavy (non-hydrogen) atoms. The summed E-state index contributed by atoms with van der Waals surface area (Å²) in [5.41, 5.74) is 1.15.